The summed E-state index contributed by atoms with van der Waals surface area (Å²) in [7, 11) is 3.15. The Labute approximate surface area is 197 Å². The smallest absolute Gasteiger partial charge is 0.414 e. The molecule has 33 heavy (non-hydrogen) atoms. The number of carbonyl (C=O) groups excluding carboxylic acids is 2. The van der Waals surface area contributed by atoms with Crippen molar-refractivity contribution in [2.24, 2.45) is 0 Å². The number of halogens is 2. The molecule has 1 aliphatic heterocycles. The second kappa shape index (κ2) is 9.53. The van der Waals surface area contributed by atoms with Crippen LogP contribution in [0.1, 0.15) is 5.56 Å². The Bertz CT molecular complexity index is 1250. The number of methoxy groups -OCH3 is 1. The van der Waals surface area contributed by atoms with E-state index >= 15 is 0 Å². The first-order valence-electron chi connectivity index (χ1n) is 10.0. The third-order valence-corrected chi connectivity index (χ3v) is 5.79. The van der Waals surface area contributed by atoms with Gasteiger partial charge in [0.25, 0.3) is 0 Å². The number of fused-ring (bicyclic) bond motifs is 1. The first-order valence-corrected chi connectivity index (χ1v) is 10.8. The number of ether oxygens (including phenoxy) is 2. The molecule has 2 aromatic heterocycles. The molecule has 1 aliphatic rings. The van der Waals surface area contributed by atoms with Crippen molar-refractivity contribution >= 4 is 50.7 Å². The summed E-state index contributed by atoms with van der Waals surface area (Å²) in [6.07, 6.45) is 3.60. The number of cyclic esters (lactones) is 1. The van der Waals surface area contributed by atoms with Gasteiger partial charge in [0.1, 0.15) is 11.9 Å². The van der Waals surface area contributed by atoms with E-state index in [2.05, 4.69) is 25.9 Å². The fraction of sp³-hybridized carbons (Fsp3) is 0.217. The zero-order chi connectivity index (χ0) is 23.5. The quantitative estimate of drug-likeness (QED) is 0.461. The van der Waals surface area contributed by atoms with Crippen LogP contribution in [-0.4, -0.2) is 60.2 Å². The van der Waals surface area contributed by atoms with Gasteiger partial charge in [-0.15, -0.1) is 0 Å². The lowest BCUT2D eigenvalue weighted by Gasteiger charge is -2.18. The number of amides is 2. The van der Waals surface area contributed by atoms with Gasteiger partial charge in [0, 0.05) is 31.0 Å². The highest BCUT2D eigenvalue weighted by Crippen LogP contribution is 2.26. The topological polar surface area (TPSA) is 84.9 Å². The van der Waals surface area contributed by atoms with Gasteiger partial charge in [-0.25, -0.2) is 14.2 Å². The molecule has 10 heteroatoms. The van der Waals surface area contributed by atoms with Crippen molar-refractivity contribution in [2.45, 2.75) is 6.10 Å². The molecule has 0 bridgehead atoms. The molecular weight excluding hydrogens is 495 g/mol. The van der Waals surface area contributed by atoms with Gasteiger partial charge in [0.05, 0.1) is 41.4 Å². The highest BCUT2D eigenvalue weighted by Gasteiger charge is 2.33. The molecule has 0 N–H and O–H groups in total. The fourth-order valence-electron chi connectivity index (χ4n) is 3.44. The number of anilines is 1. The average molecular weight is 515 g/mol. The second-order valence-corrected chi connectivity index (χ2v) is 8.24. The number of rotatable bonds is 6. The van der Waals surface area contributed by atoms with E-state index in [0.29, 0.717) is 27.1 Å². The van der Waals surface area contributed by atoms with Crippen LogP contribution in [-0.2, 0) is 9.53 Å². The molecule has 0 radical (unpaired) electrons. The lowest BCUT2D eigenvalue weighted by molar-refractivity contribution is -0.125. The van der Waals surface area contributed by atoms with Crippen LogP contribution in [0.15, 0.2) is 53.1 Å². The number of pyridine rings is 2. The first kappa shape index (κ1) is 22.7. The molecular formula is C23H20BrFN4O4. The van der Waals surface area contributed by atoms with Crippen LogP contribution in [0.4, 0.5) is 14.9 Å². The van der Waals surface area contributed by atoms with Crippen LogP contribution in [0.3, 0.4) is 0 Å². The Morgan fingerprint density at radius 2 is 2.18 bits per heavy atom. The molecule has 3 aromatic rings. The molecule has 170 valence electrons. The predicted octanol–water partition coefficient (Wildman–Crippen LogP) is 4.04. The van der Waals surface area contributed by atoms with Crippen molar-refractivity contribution in [1.29, 1.82) is 0 Å². The van der Waals surface area contributed by atoms with E-state index in [1.807, 2.05) is 0 Å². The highest BCUT2D eigenvalue weighted by molar-refractivity contribution is 9.10. The molecule has 0 saturated carbocycles. The minimum Gasteiger partial charge on any atom is -0.481 e. The maximum absolute atomic E-state index is 13.8. The van der Waals surface area contributed by atoms with Crippen molar-refractivity contribution in [1.82, 2.24) is 14.9 Å². The summed E-state index contributed by atoms with van der Waals surface area (Å²) in [5.74, 6) is -0.296. The Hall–Kier alpha value is -3.53. The lowest BCUT2D eigenvalue weighted by Crippen LogP contribution is -2.35. The molecule has 1 fully saturated rings. The van der Waals surface area contributed by atoms with E-state index in [0.717, 1.165) is 5.56 Å². The summed E-state index contributed by atoms with van der Waals surface area (Å²) in [6, 6.07) is 9.68. The maximum atomic E-state index is 13.8. The van der Waals surface area contributed by atoms with Crippen LogP contribution < -0.4 is 9.64 Å². The highest BCUT2D eigenvalue weighted by atomic mass is 79.9. The van der Waals surface area contributed by atoms with Crippen molar-refractivity contribution in [3.05, 3.63) is 64.5 Å². The van der Waals surface area contributed by atoms with Gasteiger partial charge < -0.3 is 14.4 Å². The van der Waals surface area contributed by atoms with E-state index in [4.69, 9.17) is 9.47 Å². The van der Waals surface area contributed by atoms with Crippen LogP contribution in [0.25, 0.3) is 17.1 Å². The van der Waals surface area contributed by atoms with Crippen LogP contribution in [0.2, 0.25) is 0 Å². The summed E-state index contributed by atoms with van der Waals surface area (Å²) < 4.78 is 24.7. The Balaban J connectivity index is 1.42. The summed E-state index contributed by atoms with van der Waals surface area (Å²) in [5.41, 5.74) is 2.41. The third kappa shape index (κ3) is 4.95. The van der Waals surface area contributed by atoms with E-state index < -0.39 is 18.0 Å². The molecule has 4 rings (SSSR count). The van der Waals surface area contributed by atoms with Crippen LogP contribution in [0, 0.1) is 5.82 Å². The largest absolute Gasteiger partial charge is 0.481 e. The normalized spacial score (nSPS) is 15.8. The van der Waals surface area contributed by atoms with Gasteiger partial charge in [-0.3, -0.25) is 14.7 Å². The van der Waals surface area contributed by atoms with Gasteiger partial charge in [0.2, 0.25) is 11.8 Å². The van der Waals surface area contributed by atoms with E-state index in [-0.39, 0.29) is 19.0 Å². The van der Waals surface area contributed by atoms with Gasteiger partial charge in [-0.05, 0) is 52.3 Å². The molecule has 1 aromatic carbocycles. The molecule has 8 nitrogen and oxygen atoms in total. The molecule has 0 aliphatic carbocycles. The standard InChI is InChI=1S/C23H20BrFN4O4/c1-28(12-16-13-29(23(31)33-16)15-4-5-17(24)18(25)11-15)21(30)8-3-14-9-10-26-19-6-7-20(32-2)27-22(14)19/h3-11,16H,12-13H2,1-2H3/t16-/m1/s1. The third-order valence-electron chi connectivity index (χ3n) is 5.15. The van der Waals surface area contributed by atoms with Crippen molar-refractivity contribution in [3.63, 3.8) is 0 Å². The Morgan fingerprint density at radius 1 is 1.36 bits per heavy atom. The van der Waals surface area contributed by atoms with Gasteiger partial charge in [-0.2, -0.15) is 0 Å². The number of benzene rings is 1. The number of likely N-dealkylation sites (N-methyl/N-ethyl adjacent to an activating group) is 1. The zero-order valence-electron chi connectivity index (χ0n) is 17.9. The van der Waals surface area contributed by atoms with Crippen molar-refractivity contribution in [3.8, 4) is 5.88 Å². The van der Waals surface area contributed by atoms with Gasteiger partial charge in [0.15, 0.2) is 0 Å². The summed E-state index contributed by atoms with van der Waals surface area (Å²) in [5, 5.41) is 0. The molecule has 3 heterocycles. The number of carbonyl (C=O) groups is 2. The predicted molar refractivity (Wildman–Crippen MR) is 124 cm³/mol. The molecule has 0 spiro atoms. The van der Waals surface area contributed by atoms with Gasteiger partial charge in [-0.1, -0.05) is 0 Å². The molecule has 1 atom stereocenters. The van der Waals surface area contributed by atoms with E-state index in [1.165, 1.54) is 35.1 Å². The Morgan fingerprint density at radius 3 is 2.94 bits per heavy atom. The van der Waals surface area contributed by atoms with Crippen molar-refractivity contribution < 1.29 is 23.5 Å². The number of hydrogen-bond acceptors (Lipinski definition) is 6. The van der Waals surface area contributed by atoms with Crippen LogP contribution in [0.5, 0.6) is 5.88 Å². The number of aromatic nitrogens is 2. The fourth-order valence-corrected chi connectivity index (χ4v) is 3.69. The van der Waals surface area contributed by atoms with E-state index in [1.54, 1.807) is 43.6 Å². The monoisotopic (exact) mass is 514 g/mol. The minimum atomic E-state index is -0.582. The van der Waals surface area contributed by atoms with Gasteiger partial charge >= 0.3 is 6.09 Å². The Kier molecular flexibility index (Phi) is 6.55. The molecule has 2 amide bonds. The zero-order valence-corrected chi connectivity index (χ0v) is 19.5. The van der Waals surface area contributed by atoms with Crippen molar-refractivity contribution in [2.75, 3.05) is 32.1 Å². The summed E-state index contributed by atoms with van der Waals surface area (Å²) >= 11 is 3.09. The molecule has 1 saturated heterocycles. The SMILES string of the molecule is COc1ccc2nccc(C=CC(=O)N(C)C[C@@H]3CN(c4ccc(Br)c(F)c4)C(=O)O3)c2n1. The summed E-state index contributed by atoms with van der Waals surface area (Å²) in [4.78, 5) is 36.4. The number of nitrogens with zero attached hydrogens (tertiary/aromatic N) is 4. The first-order chi connectivity index (χ1) is 15.9. The van der Waals surface area contributed by atoms with Crippen LogP contribution >= 0.6 is 15.9 Å². The van der Waals surface area contributed by atoms with E-state index in [9.17, 15) is 14.0 Å². The lowest BCUT2D eigenvalue weighted by atomic mass is 10.2. The maximum Gasteiger partial charge on any atom is 0.414 e. The summed E-state index contributed by atoms with van der Waals surface area (Å²) in [6.45, 7) is 0.396. The number of hydrogen-bond donors (Lipinski definition) is 0. The second-order valence-electron chi connectivity index (χ2n) is 7.39. The average Bonchev–Trinajstić information content (AvgIpc) is 3.18. The minimum absolute atomic E-state index is 0.188. The molecule has 0 unspecified atom stereocenters.